The van der Waals surface area contributed by atoms with E-state index in [0.717, 1.165) is 36.3 Å². The largest absolute Gasteiger partial charge is 0.416 e. The number of likely N-dealkylation sites (tertiary alicyclic amines) is 1. The van der Waals surface area contributed by atoms with Crippen molar-refractivity contribution in [3.63, 3.8) is 0 Å². The van der Waals surface area contributed by atoms with E-state index in [1.54, 1.807) is 14.0 Å². The number of amides is 3. The van der Waals surface area contributed by atoms with E-state index in [0.29, 0.717) is 13.2 Å². The molecule has 0 N–H and O–H groups in total. The number of carbonyl (C=O) groups excluding carboxylic acids is 3. The molecular formula is C22H27F3N2O4. The van der Waals surface area contributed by atoms with Gasteiger partial charge in [-0.05, 0) is 37.8 Å². The Labute approximate surface area is 179 Å². The fourth-order valence-corrected chi connectivity index (χ4v) is 4.33. The molecule has 2 atom stereocenters. The Bertz CT molecular complexity index is 851. The van der Waals surface area contributed by atoms with Crippen molar-refractivity contribution in [2.24, 2.45) is 0 Å². The van der Waals surface area contributed by atoms with Crippen LogP contribution in [0.15, 0.2) is 24.3 Å². The predicted molar refractivity (Wildman–Crippen MR) is 106 cm³/mol. The molecule has 2 aliphatic rings. The minimum atomic E-state index is -4.60. The van der Waals surface area contributed by atoms with Crippen molar-refractivity contribution in [3.05, 3.63) is 35.4 Å². The Morgan fingerprint density at radius 3 is 2.61 bits per heavy atom. The number of nitrogens with zero attached hydrogens (tertiary/aromatic N) is 2. The van der Waals surface area contributed by atoms with Crippen molar-refractivity contribution in [1.29, 1.82) is 0 Å². The topological polar surface area (TPSA) is 66.9 Å². The minimum absolute atomic E-state index is 0.0345. The van der Waals surface area contributed by atoms with E-state index in [9.17, 15) is 27.6 Å². The molecule has 2 aliphatic heterocycles. The minimum Gasteiger partial charge on any atom is -0.376 e. The maximum atomic E-state index is 13.3. The molecule has 2 saturated heterocycles. The number of rotatable bonds is 6. The summed E-state index contributed by atoms with van der Waals surface area (Å²) in [6.45, 7) is 2.67. The van der Waals surface area contributed by atoms with E-state index in [-0.39, 0.29) is 31.1 Å². The monoisotopic (exact) mass is 440 g/mol. The fraction of sp³-hybridized carbons (Fsp3) is 0.591. The molecule has 0 bridgehead atoms. The predicted octanol–water partition coefficient (Wildman–Crippen LogP) is 3.14. The zero-order chi connectivity index (χ0) is 22.8. The van der Waals surface area contributed by atoms with E-state index in [2.05, 4.69) is 0 Å². The van der Waals surface area contributed by atoms with Crippen LogP contribution in [0.5, 0.6) is 0 Å². The highest BCUT2D eigenvalue weighted by Gasteiger charge is 2.54. The average Bonchev–Trinajstić information content (AvgIpc) is 2.98. The van der Waals surface area contributed by atoms with Gasteiger partial charge in [0, 0.05) is 39.6 Å². The molecule has 31 heavy (non-hydrogen) atoms. The fourth-order valence-electron chi connectivity index (χ4n) is 4.33. The van der Waals surface area contributed by atoms with Crippen molar-refractivity contribution in [2.45, 2.75) is 56.7 Å². The van der Waals surface area contributed by atoms with Crippen LogP contribution in [-0.4, -0.2) is 60.4 Å². The first kappa shape index (κ1) is 23.2. The van der Waals surface area contributed by atoms with Gasteiger partial charge in [-0.2, -0.15) is 13.2 Å². The SMILES string of the molecule is CCN1C(=O)C[C@@](CC(=O)N(C)C[C@@H]2CCCCO2)(c2cccc(C(F)(F)F)c2)C1=O. The molecule has 9 heteroatoms. The van der Waals surface area contributed by atoms with Crippen molar-refractivity contribution in [1.82, 2.24) is 9.80 Å². The molecular weight excluding hydrogens is 413 g/mol. The standard InChI is InChI=1S/C22H27F3N2O4/c1-3-27-19(29)13-21(20(27)30,15-7-6-8-16(11-15)22(23,24)25)12-18(28)26(2)14-17-9-4-5-10-31-17/h6-8,11,17H,3-5,9-10,12-14H2,1-2H3/t17-,21-/m0/s1. The zero-order valence-corrected chi connectivity index (χ0v) is 17.7. The van der Waals surface area contributed by atoms with Crippen LogP contribution in [-0.2, 0) is 30.7 Å². The van der Waals surface area contributed by atoms with Gasteiger partial charge >= 0.3 is 6.18 Å². The number of imide groups is 1. The van der Waals surface area contributed by atoms with Crippen molar-refractivity contribution >= 4 is 17.7 Å². The van der Waals surface area contributed by atoms with Gasteiger partial charge in [0.15, 0.2) is 0 Å². The highest BCUT2D eigenvalue weighted by Crippen LogP contribution is 2.42. The van der Waals surface area contributed by atoms with Crippen LogP contribution in [0.1, 0.15) is 50.2 Å². The van der Waals surface area contributed by atoms with Gasteiger partial charge in [0.1, 0.15) is 0 Å². The van der Waals surface area contributed by atoms with Gasteiger partial charge in [0.25, 0.3) is 0 Å². The first-order chi connectivity index (χ1) is 14.6. The second-order valence-corrected chi connectivity index (χ2v) is 8.22. The highest BCUT2D eigenvalue weighted by atomic mass is 19.4. The normalized spacial score (nSPS) is 24.5. The van der Waals surface area contributed by atoms with Gasteiger partial charge in [-0.25, -0.2) is 0 Å². The molecule has 0 radical (unpaired) electrons. The molecule has 0 aliphatic carbocycles. The van der Waals surface area contributed by atoms with Crippen LogP contribution in [0.25, 0.3) is 0 Å². The van der Waals surface area contributed by atoms with Gasteiger partial charge in [-0.3, -0.25) is 19.3 Å². The third-order valence-electron chi connectivity index (χ3n) is 6.10. The van der Waals surface area contributed by atoms with Crippen molar-refractivity contribution < 1.29 is 32.3 Å². The number of carbonyl (C=O) groups is 3. The summed E-state index contributed by atoms with van der Waals surface area (Å²) in [4.78, 5) is 41.2. The van der Waals surface area contributed by atoms with Gasteiger partial charge in [0.2, 0.25) is 17.7 Å². The van der Waals surface area contributed by atoms with Gasteiger partial charge < -0.3 is 9.64 Å². The van der Waals surface area contributed by atoms with E-state index in [1.165, 1.54) is 17.0 Å². The molecule has 3 amide bonds. The Balaban J connectivity index is 1.91. The Morgan fingerprint density at radius 1 is 1.29 bits per heavy atom. The lowest BCUT2D eigenvalue weighted by Gasteiger charge is -2.31. The molecule has 2 fully saturated rings. The summed E-state index contributed by atoms with van der Waals surface area (Å²) in [5.74, 6) is -1.53. The van der Waals surface area contributed by atoms with Gasteiger partial charge in [0.05, 0.1) is 17.1 Å². The summed E-state index contributed by atoms with van der Waals surface area (Å²) < 4.78 is 45.5. The molecule has 6 nitrogen and oxygen atoms in total. The molecule has 1 aromatic rings. The first-order valence-corrected chi connectivity index (χ1v) is 10.5. The Hall–Kier alpha value is -2.42. The molecule has 0 spiro atoms. The third-order valence-corrected chi connectivity index (χ3v) is 6.10. The Kier molecular flexibility index (Phi) is 6.73. The van der Waals surface area contributed by atoms with Crippen LogP contribution in [0.2, 0.25) is 0 Å². The quantitative estimate of drug-likeness (QED) is 0.638. The summed E-state index contributed by atoms with van der Waals surface area (Å²) in [7, 11) is 1.58. The van der Waals surface area contributed by atoms with Crippen molar-refractivity contribution in [2.75, 3.05) is 26.7 Å². The number of hydrogen-bond acceptors (Lipinski definition) is 4. The summed E-state index contributed by atoms with van der Waals surface area (Å²) in [6, 6.07) is 4.37. The average molecular weight is 440 g/mol. The summed E-state index contributed by atoms with van der Waals surface area (Å²) >= 11 is 0. The summed E-state index contributed by atoms with van der Waals surface area (Å²) in [5.41, 5.74) is -2.53. The molecule has 0 unspecified atom stereocenters. The second kappa shape index (κ2) is 8.98. The Morgan fingerprint density at radius 2 is 2.03 bits per heavy atom. The number of alkyl halides is 3. The molecule has 170 valence electrons. The number of halogens is 3. The van der Waals surface area contributed by atoms with Crippen LogP contribution < -0.4 is 0 Å². The number of benzene rings is 1. The third kappa shape index (κ3) is 4.76. The number of ether oxygens (including phenoxy) is 1. The lowest BCUT2D eigenvalue weighted by molar-refractivity contribution is -0.143. The lowest BCUT2D eigenvalue weighted by Crippen LogP contribution is -2.44. The van der Waals surface area contributed by atoms with Crippen LogP contribution in [0.3, 0.4) is 0 Å². The van der Waals surface area contributed by atoms with Crippen LogP contribution in [0.4, 0.5) is 13.2 Å². The van der Waals surface area contributed by atoms with E-state index < -0.39 is 34.9 Å². The number of hydrogen-bond donors (Lipinski definition) is 0. The van der Waals surface area contributed by atoms with Gasteiger partial charge in [-0.15, -0.1) is 0 Å². The molecule has 3 rings (SSSR count). The summed E-state index contributed by atoms with van der Waals surface area (Å²) in [6.07, 6.45) is -2.64. The molecule has 2 heterocycles. The maximum absolute atomic E-state index is 13.3. The van der Waals surface area contributed by atoms with Crippen molar-refractivity contribution in [3.8, 4) is 0 Å². The lowest BCUT2D eigenvalue weighted by atomic mass is 9.75. The zero-order valence-electron chi connectivity index (χ0n) is 17.7. The van der Waals surface area contributed by atoms with Crippen LogP contribution in [0, 0.1) is 0 Å². The number of likely N-dealkylation sites (N-methyl/N-ethyl adjacent to an activating group) is 2. The van der Waals surface area contributed by atoms with E-state index in [1.807, 2.05) is 0 Å². The highest BCUT2D eigenvalue weighted by molar-refractivity contribution is 6.10. The van der Waals surface area contributed by atoms with Crippen LogP contribution >= 0.6 is 0 Å². The van der Waals surface area contributed by atoms with Gasteiger partial charge in [-0.1, -0.05) is 18.2 Å². The molecule has 1 aromatic carbocycles. The van der Waals surface area contributed by atoms with E-state index >= 15 is 0 Å². The smallest absolute Gasteiger partial charge is 0.376 e. The van der Waals surface area contributed by atoms with E-state index in [4.69, 9.17) is 4.74 Å². The summed E-state index contributed by atoms with van der Waals surface area (Å²) in [5, 5.41) is 0. The second-order valence-electron chi connectivity index (χ2n) is 8.22. The molecule has 0 aromatic heterocycles. The molecule has 0 saturated carbocycles. The first-order valence-electron chi connectivity index (χ1n) is 10.5. The maximum Gasteiger partial charge on any atom is 0.416 e.